The minimum absolute atomic E-state index is 0.109. The SMILES string of the molecule is C#CCn1c(=O)[nH]c(N)c(NC(=O)C2CCCC2)c1=O. The maximum atomic E-state index is 12.1. The molecule has 1 fully saturated rings. The Morgan fingerprint density at radius 1 is 1.45 bits per heavy atom. The second kappa shape index (κ2) is 5.65. The van der Waals surface area contributed by atoms with Crippen molar-refractivity contribution in [2.75, 3.05) is 11.1 Å². The average molecular weight is 276 g/mol. The number of nitrogens with one attached hydrogen (secondary N) is 2. The summed E-state index contributed by atoms with van der Waals surface area (Å²) < 4.78 is 0.820. The highest BCUT2D eigenvalue weighted by Crippen LogP contribution is 2.25. The van der Waals surface area contributed by atoms with Crippen LogP contribution in [0.3, 0.4) is 0 Å². The fourth-order valence-electron chi connectivity index (χ4n) is 2.36. The van der Waals surface area contributed by atoms with Gasteiger partial charge >= 0.3 is 5.69 Å². The first-order chi connectivity index (χ1) is 9.54. The molecule has 2 rings (SSSR count). The number of nitrogen functional groups attached to an aromatic ring is 1. The van der Waals surface area contributed by atoms with E-state index in [1.807, 2.05) is 0 Å². The molecule has 7 heteroatoms. The lowest BCUT2D eigenvalue weighted by molar-refractivity contribution is -0.119. The van der Waals surface area contributed by atoms with Crippen LogP contribution >= 0.6 is 0 Å². The predicted octanol–water partition coefficient (Wildman–Crippen LogP) is -0.119. The van der Waals surface area contributed by atoms with Crippen molar-refractivity contribution in [3.05, 3.63) is 20.8 Å². The third-order valence-corrected chi connectivity index (χ3v) is 3.44. The fourth-order valence-corrected chi connectivity index (χ4v) is 2.36. The molecule has 0 spiro atoms. The van der Waals surface area contributed by atoms with Gasteiger partial charge in [0, 0.05) is 5.92 Å². The highest BCUT2D eigenvalue weighted by Gasteiger charge is 2.24. The highest BCUT2D eigenvalue weighted by atomic mass is 16.2. The molecule has 1 aliphatic carbocycles. The summed E-state index contributed by atoms with van der Waals surface area (Å²) in [5, 5.41) is 2.51. The molecular formula is C13H16N4O3. The van der Waals surface area contributed by atoms with Crippen molar-refractivity contribution in [2.24, 2.45) is 5.92 Å². The van der Waals surface area contributed by atoms with Crippen LogP contribution in [0.2, 0.25) is 0 Å². The lowest BCUT2D eigenvalue weighted by Gasteiger charge is -2.12. The smallest absolute Gasteiger partial charge is 0.330 e. The number of aromatic amines is 1. The van der Waals surface area contributed by atoms with Crippen LogP contribution in [-0.2, 0) is 11.3 Å². The van der Waals surface area contributed by atoms with Crippen LogP contribution in [0.1, 0.15) is 25.7 Å². The largest absolute Gasteiger partial charge is 0.383 e. The van der Waals surface area contributed by atoms with Gasteiger partial charge < -0.3 is 11.1 Å². The van der Waals surface area contributed by atoms with Crippen LogP contribution in [0, 0.1) is 18.3 Å². The molecule has 1 aromatic rings. The Morgan fingerprint density at radius 3 is 2.70 bits per heavy atom. The van der Waals surface area contributed by atoms with Gasteiger partial charge in [0.25, 0.3) is 5.56 Å². The summed E-state index contributed by atoms with van der Waals surface area (Å²) in [6, 6.07) is 0. The summed E-state index contributed by atoms with van der Waals surface area (Å²) in [6.45, 7) is -0.180. The van der Waals surface area contributed by atoms with Crippen LogP contribution < -0.4 is 22.3 Å². The third-order valence-electron chi connectivity index (χ3n) is 3.44. The third kappa shape index (κ3) is 2.59. The van der Waals surface area contributed by atoms with Crippen LogP contribution in [0.5, 0.6) is 0 Å². The Balaban J connectivity index is 2.34. The van der Waals surface area contributed by atoms with E-state index in [0.29, 0.717) is 0 Å². The first-order valence-corrected chi connectivity index (χ1v) is 6.41. The normalized spacial score (nSPS) is 14.9. The molecule has 106 valence electrons. The van der Waals surface area contributed by atoms with Crippen molar-refractivity contribution < 1.29 is 4.79 Å². The van der Waals surface area contributed by atoms with E-state index >= 15 is 0 Å². The van der Waals surface area contributed by atoms with Crippen molar-refractivity contribution in [3.8, 4) is 12.3 Å². The topological polar surface area (TPSA) is 110 Å². The average Bonchev–Trinajstić information content (AvgIpc) is 2.93. The minimum atomic E-state index is -0.690. The van der Waals surface area contributed by atoms with E-state index in [1.165, 1.54) is 0 Å². The number of amides is 1. The molecule has 0 bridgehead atoms. The lowest BCUT2D eigenvalue weighted by Crippen LogP contribution is -2.38. The van der Waals surface area contributed by atoms with Crippen molar-refractivity contribution >= 4 is 17.4 Å². The van der Waals surface area contributed by atoms with Crippen LogP contribution in [0.25, 0.3) is 0 Å². The molecule has 1 aliphatic rings. The number of hydrogen-bond donors (Lipinski definition) is 3. The maximum Gasteiger partial charge on any atom is 0.330 e. The Bertz CT molecular complexity index is 674. The molecule has 4 N–H and O–H groups in total. The van der Waals surface area contributed by atoms with Crippen molar-refractivity contribution in [3.63, 3.8) is 0 Å². The Hall–Kier alpha value is -2.49. The molecule has 7 nitrogen and oxygen atoms in total. The number of rotatable bonds is 3. The van der Waals surface area contributed by atoms with Crippen LogP contribution in [0.15, 0.2) is 9.59 Å². The Morgan fingerprint density at radius 2 is 2.10 bits per heavy atom. The van der Waals surface area contributed by atoms with Crippen LogP contribution in [0.4, 0.5) is 11.5 Å². The van der Waals surface area contributed by atoms with E-state index in [2.05, 4.69) is 16.2 Å². The molecule has 1 aromatic heterocycles. The van der Waals surface area contributed by atoms with Gasteiger partial charge in [-0.15, -0.1) is 6.42 Å². The molecule has 20 heavy (non-hydrogen) atoms. The zero-order valence-electron chi connectivity index (χ0n) is 10.9. The van der Waals surface area contributed by atoms with E-state index in [4.69, 9.17) is 12.2 Å². The summed E-state index contributed by atoms with van der Waals surface area (Å²) in [5.74, 6) is 1.70. The van der Waals surface area contributed by atoms with Gasteiger partial charge in [0.05, 0.1) is 6.54 Å². The number of carbonyl (C=O) groups is 1. The van der Waals surface area contributed by atoms with Crippen molar-refractivity contribution in [2.45, 2.75) is 32.2 Å². The van der Waals surface area contributed by atoms with Gasteiger partial charge in [0.15, 0.2) is 0 Å². The summed E-state index contributed by atoms with van der Waals surface area (Å²) in [7, 11) is 0. The number of hydrogen-bond acceptors (Lipinski definition) is 4. The number of anilines is 2. The molecule has 0 aliphatic heterocycles. The number of nitrogens with zero attached hydrogens (tertiary/aromatic N) is 1. The van der Waals surface area contributed by atoms with Crippen LogP contribution in [-0.4, -0.2) is 15.5 Å². The summed E-state index contributed by atoms with van der Waals surface area (Å²) >= 11 is 0. The number of terminal acetylenes is 1. The monoisotopic (exact) mass is 276 g/mol. The molecule has 0 atom stereocenters. The quantitative estimate of drug-likeness (QED) is 0.668. The number of carbonyl (C=O) groups excluding carboxylic acids is 1. The molecule has 1 saturated carbocycles. The lowest BCUT2D eigenvalue weighted by atomic mass is 10.1. The number of H-pyrrole nitrogens is 1. The van der Waals surface area contributed by atoms with Gasteiger partial charge in [-0.2, -0.15) is 0 Å². The number of aromatic nitrogens is 2. The minimum Gasteiger partial charge on any atom is -0.383 e. The van der Waals surface area contributed by atoms with Gasteiger partial charge in [0.1, 0.15) is 11.5 Å². The Kier molecular flexibility index (Phi) is 3.94. The van der Waals surface area contributed by atoms with Crippen molar-refractivity contribution in [1.82, 2.24) is 9.55 Å². The molecule has 0 saturated heterocycles. The first kappa shape index (κ1) is 13.9. The van der Waals surface area contributed by atoms with Crippen molar-refractivity contribution in [1.29, 1.82) is 0 Å². The fraction of sp³-hybridized carbons (Fsp3) is 0.462. The zero-order chi connectivity index (χ0) is 14.7. The van der Waals surface area contributed by atoms with Gasteiger partial charge in [-0.3, -0.25) is 14.6 Å². The Labute approximate surface area is 115 Å². The van der Waals surface area contributed by atoms with E-state index in [1.54, 1.807) is 0 Å². The van der Waals surface area contributed by atoms with Gasteiger partial charge in [0.2, 0.25) is 5.91 Å². The zero-order valence-corrected chi connectivity index (χ0v) is 10.9. The summed E-state index contributed by atoms with van der Waals surface area (Å²) in [5.41, 5.74) is 4.11. The highest BCUT2D eigenvalue weighted by molar-refractivity contribution is 5.94. The van der Waals surface area contributed by atoms with E-state index in [-0.39, 0.29) is 29.9 Å². The first-order valence-electron chi connectivity index (χ1n) is 6.41. The standard InChI is InChI=1S/C13H16N4O3/c1-2-7-17-12(19)9(10(14)16-13(17)20)15-11(18)8-5-3-4-6-8/h1,8H,3-7,14H2,(H,15,18)(H,16,20). The molecule has 1 heterocycles. The van der Waals surface area contributed by atoms with E-state index in [0.717, 1.165) is 30.3 Å². The maximum absolute atomic E-state index is 12.1. The van der Waals surface area contributed by atoms with Gasteiger partial charge in [-0.25, -0.2) is 9.36 Å². The molecule has 1 amide bonds. The summed E-state index contributed by atoms with van der Waals surface area (Å²) in [6.07, 6.45) is 8.71. The number of nitrogens with two attached hydrogens (primary N) is 1. The van der Waals surface area contributed by atoms with E-state index < -0.39 is 11.2 Å². The molecule has 0 unspecified atom stereocenters. The predicted molar refractivity (Wildman–Crippen MR) is 75.2 cm³/mol. The van der Waals surface area contributed by atoms with Gasteiger partial charge in [-0.05, 0) is 12.8 Å². The summed E-state index contributed by atoms with van der Waals surface area (Å²) in [4.78, 5) is 38.0. The second-order valence-electron chi connectivity index (χ2n) is 4.78. The second-order valence-corrected chi connectivity index (χ2v) is 4.78. The molecule has 0 aromatic carbocycles. The molecular weight excluding hydrogens is 260 g/mol. The van der Waals surface area contributed by atoms with E-state index in [9.17, 15) is 14.4 Å². The molecule has 0 radical (unpaired) electrons. The van der Waals surface area contributed by atoms with Gasteiger partial charge in [-0.1, -0.05) is 18.8 Å².